The lowest BCUT2D eigenvalue weighted by Gasteiger charge is -2.45. The van der Waals surface area contributed by atoms with Crippen LogP contribution >= 0.6 is 0 Å². The Morgan fingerprint density at radius 2 is 2.12 bits per heavy atom. The number of rotatable bonds is 1. The molecule has 3 aliphatic heterocycles. The van der Waals surface area contributed by atoms with Crippen molar-refractivity contribution in [3.63, 3.8) is 0 Å². The van der Waals surface area contributed by atoms with Crippen molar-refractivity contribution >= 4 is 12.1 Å². The third-order valence-corrected chi connectivity index (χ3v) is 5.40. The number of cyclic esters (lactones) is 1. The average molecular weight is 364 g/mol. The maximum Gasteiger partial charge on any atom is 0.407 e. The highest BCUT2D eigenvalue weighted by Crippen LogP contribution is 2.33. The van der Waals surface area contributed by atoms with E-state index in [1.807, 2.05) is 0 Å². The van der Waals surface area contributed by atoms with Crippen molar-refractivity contribution in [2.45, 2.75) is 31.6 Å². The predicted octanol–water partition coefficient (Wildman–Crippen LogP) is 1.66. The zero-order chi connectivity index (χ0) is 18.4. The monoisotopic (exact) mass is 364 g/mol. The molecule has 0 bridgehead atoms. The standard InChI is InChI=1S/C18H21FN2O5/c1-10-6-14-12(17(22)26-10)2-3-13(16(14)19)15-8-20-4-5-21(18(23)24)7-11(20)9-25-15/h2-3,10-11,15H,4-9H2,1H3,(H,23,24)/t10-,11-,15-/m0/s1. The third-order valence-electron chi connectivity index (χ3n) is 5.40. The second-order valence-corrected chi connectivity index (χ2v) is 7.11. The van der Waals surface area contributed by atoms with E-state index in [1.54, 1.807) is 19.1 Å². The van der Waals surface area contributed by atoms with Gasteiger partial charge in [0.15, 0.2) is 0 Å². The molecule has 7 nitrogen and oxygen atoms in total. The molecule has 140 valence electrons. The molecular weight excluding hydrogens is 343 g/mol. The van der Waals surface area contributed by atoms with E-state index >= 15 is 4.39 Å². The molecule has 4 rings (SSSR count). The first-order chi connectivity index (χ1) is 12.4. The van der Waals surface area contributed by atoms with Crippen LogP contribution < -0.4 is 0 Å². The van der Waals surface area contributed by atoms with Crippen LogP contribution in [0.15, 0.2) is 12.1 Å². The van der Waals surface area contributed by atoms with Gasteiger partial charge in [0.05, 0.1) is 24.3 Å². The minimum absolute atomic E-state index is 0.00760. The van der Waals surface area contributed by atoms with Gasteiger partial charge in [-0.1, -0.05) is 6.07 Å². The van der Waals surface area contributed by atoms with E-state index < -0.39 is 24.0 Å². The lowest BCUT2D eigenvalue weighted by atomic mass is 9.93. The van der Waals surface area contributed by atoms with Gasteiger partial charge >= 0.3 is 12.1 Å². The number of nitrogens with zero attached hydrogens (tertiary/aromatic N) is 2. The predicted molar refractivity (Wildman–Crippen MR) is 88.6 cm³/mol. The number of fused-ring (bicyclic) bond motifs is 2. The van der Waals surface area contributed by atoms with E-state index in [4.69, 9.17) is 14.6 Å². The van der Waals surface area contributed by atoms with Crippen molar-refractivity contribution in [1.82, 2.24) is 9.80 Å². The molecule has 1 amide bonds. The van der Waals surface area contributed by atoms with Gasteiger partial charge in [-0.3, -0.25) is 4.90 Å². The van der Waals surface area contributed by atoms with Gasteiger partial charge in [0, 0.05) is 43.7 Å². The van der Waals surface area contributed by atoms with E-state index in [0.717, 1.165) is 0 Å². The van der Waals surface area contributed by atoms with Crippen LogP contribution in [0.3, 0.4) is 0 Å². The van der Waals surface area contributed by atoms with Crippen LogP contribution in [0, 0.1) is 5.82 Å². The average Bonchev–Trinajstić information content (AvgIpc) is 2.61. The zero-order valence-corrected chi connectivity index (χ0v) is 14.5. The minimum Gasteiger partial charge on any atom is -0.465 e. The summed E-state index contributed by atoms with van der Waals surface area (Å²) in [6.07, 6.45) is -1.34. The van der Waals surface area contributed by atoms with E-state index in [9.17, 15) is 9.59 Å². The lowest BCUT2D eigenvalue weighted by Crippen LogP contribution is -2.59. The van der Waals surface area contributed by atoms with Crippen molar-refractivity contribution in [3.8, 4) is 0 Å². The highest BCUT2D eigenvalue weighted by Gasteiger charge is 2.37. The van der Waals surface area contributed by atoms with E-state index in [1.165, 1.54) is 4.90 Å². The van der Waals surface area contributed by atoms with Crippen molar-refractivity contribution in [1.29, 1.82) is 0 Å². The molecule has 0 saturated carbocycles. The van der Waals surface area contributed by atoms with Crippen LogP contribution in [-0.2, 0) is 15.9 Å². The van der Waals surface area contributed by atoms with Crippen LogP contribution in [0.1, 0.15) is 34.5 Å². The molecule has 1 aromatic rings. The molecule has 0 spiro atoms. The first-order valence-corrected chi connectivity index (χ1v) is 8.80. The first kappa shape index (κ1) is 17.2. The maximum atomic E-state index is 15.1. The molecule has 2 saturated heterocycles. The lowest BCUT2D eigenvalue weighted by molar-refractivity contribution is -0.0877. The molecule has 3 atom stereocenters. The van der Waals surface area contributed by atoms with Gasteiger partial charge in [0.2, 0.25) is 0 Å². The number of hydrogen-bond acceptors (Lipinski definition) is 5. The quantitative estimate of drug-likeness (QED) is 0.764. The Morgan fingerprint density at radius 1 is 1.31 bits per heavy atom. The number of esters is 1. The molecule has 26 heavy (non-hydrogen) atoms. The number of carboxylic acid groups (broad SMARTS) is 1. The number of morpholine rings is 1. The number of carbonyl (C=O) groups excluding carboxylic acids is 1. The van der Waals surface area contributed by atoms with Crippen LogP contribution in [0.25, 0.3) is 0 Å². The van der Waals surface area contributed by atoms with Gasteiger partial charge in [-0.25, -0.2) is 14.0 Å². The minimum atomic E-state index is -0.923. The summed E-state index contributed by atoms with van der Waals surface area (Å²) < 4.78 is 26.1. The van der Waals surface area contributed by atoms with Gasteiger partial charge in [-0.2, -0.15) is 0 Å². The van der Waals surface area contributed by atoms with E-state index in [0.29, 0.717) is 50.3 Å². The second kappa shape index (κ2) is 6.51. The molecule has 2 fully saturated rings. The Balaban J connectivity index is 1.54. The molecule has 0 aliphatic carbocycles. The topological polar surface area (TPSA) is 79.3 Å². The van der Waals surface area contributed by atoms with Gasteiger partial charge in [-0.05, 0) is 13.0 Å². The van der Waals surface area contributed by atoms with Gasteiger partial charge in [0.25, 0.3) is 0 Å². The number of ether oxygens (including phenoxy) is 2. The fraction of sp³-hybridized carbons (Fsp3) is 0.556. The number of piperazine rings is 1. The Hall–Kier alpha value is -2.19. The van der Waals surface area contributed by atoms with Crippen molar-refractivity contribution in [3.05, 3.63) is 34.6 Å². The number of hydrogen-bond donors (Lipinski definition) is 1. The smallest absolute Gasteiger partial charge is 0.407 e. The summed E-state index contributed by atoms with van der Waals surface area (Å²) in [4.78, 5) is 26.6. The molecule has 1 aromatic carbocycles. The molecule has 3 heterocycles. The zero-order valence-electron chi connectivity index (χ0n) is 14.5. The van der Waals surface area contributed by atoms with E-state index in [-0.39, 0.29) is 17.7 Å². The number of benzene rings is 1. The highest BCUT2D eigenvalue weighted by molar-refractivity contribution is 5.92. The van der Waals surface area contributed by atoms with Crippen molar-refractivity contribution in [2.75, 3.05) is 32.8 Å². The van der Waals surface area contributed by atoms with Crippen molar-refractivity contribution in [2.24, 2.45) is 0 Å². The van der Waals surface area contributed by atoms with Crippen LogP contribution in [-0.4, -0.2) is 71.9 Å². The Kier molecular flexibility index (Phi) is 4.32. The summed E-state index contributed by atoms with van der Waals surface area (Å²) in [5.41, 5.74) is 1.13. The summed E-state index contributed by atoms with van der Waals surface area (Å²) in [5.74, 6) is -0.878. The SMILES string of the molecule is C[C@H]1Cc2c(ccc([C@@H]3CN4CCN(C(=O)O)C[C@H]4CO3)c2F)C(=O)O1. The summed E-state index contributed by atoms with van der Waals surface area (Å²) in [5, 5.41) is 9.13. The largest absolute Gasteiger partial charge is 0.465 e. The molecule has 3 aliphatic rings. The molecular formula is C18H21FN2O5. The normalized spacial score (nSPS) is 28.9. The molecule has 1 N–H and O–H groups in total. The summed E-state index contributed by atoms with van der Waals surface area (Å²) in [6, 6.07) is 3.20. The fourth-order valence-corrected chi connectivity index (χ4v) is 4.00. The van der Waals surface area contributed by atoms with Crippen molar-refractivity contribution < 1.29 is 28.6 Å². The first-order valence-electron chi connectivity index (χ1n) is 8.80. The van der Waals surface area contributed by atoms with Crippen LogP contribution in [0.4, 0.5) is 9.18 Å². The molecule has 0 aromatic heterocycles. The summed E-state index contributed by atoms with van der Waals surface area (Å²) in [6.45, 7) is 4.05. The van der Waals surface area contributed by atoms with Gasteiger partial charge in [-0.15, -0.1) is 0 Å². The number of amides is 1. The summed E-state index contributed by atoms with van der Waals surface area (Å²) in [7, 11) is 0. The fourth-order valence-electron chi connectivity index (χ4n) is 4.00. The number of halogens is 1. The maximum absolute atomic E-state index is 15.1. The Morgan fingerprint density at radius 3 is 2.88 bits per heavy atom. The molecule has 0 radical (unpaired) electrons. The van der Waals surface area contributed by atoms with Gasteiger partial charge in [0.1, 0.15) is 11.9 Å². The Labute approximate surface area is 150 Å². The number of carbonyl (C=O) groups is 2. The highest BCUT2D eigenvalue weighted by atomic mass is 19.1. The third kappa shape index (κ3) is 2.93. The summed E-state index contributed by atoms with van der Waals surface area (Å²) >= 11 is 0. The Bertz CT molecular complexity index is 755. The molecule has 8 heteroatoms. The van der Waals surface area contributed by atoms with E-state index in [2.05, 4.69) is 4.90 Å². The molecule has 0 unspecified atom stereocenters. The second-order valence-electron chi connectivity index (χ2n) is 7.11. The van der Waals surface area contributed by atoms with Gasteiger partial charge < -0.3 is 19.5 Å². The van der Waals surface area contributed by atoms with Crippen LogP contribution in [0.2, 0.25) is 0 Å². The van der Waals surface area contributed by atoms with Crippen LogP contribution in [0.5, 0.6) is 0 Å².